The molecule has 0 radical (unpaired) electrons. The van der Waals surface area contributed by atoms with Crippen LogP contribution in [0.4, 0.5) is 5.69 Å². The molecule has 1 aliphatic carbocycles. The molecule has 2 aromatic rings. The Morgan fingerprint density at radius 3 is 2.73 bits per heavy atom. The van der Waals surface area contributed by atoms with Crippen LogP contribution in [0.3, 0.4) is 0 Å². The Morgan fingerprint density at radius 1 is 1.14 bits per heavy atom. The summed E-state index contributed by atoms with van der Waals surface area (Å²) in [6.07, 6.45) is 4.10. The number of hydrogen-bond acceptors (Lipinski definition) is 3. The first-order valence-electron chi connectivity index (χ1n) is 7.76. The van der Waals surface area contributed by atoms with Gasteiger partial charge in [-0.3, -0.25) is 10.1 Å². The second kappa shape index (κ2) is 6.71. The van der Waals surface area contributed by atoms with Gasteiger partial charge in [0.15, 0.2) is 0 Å². The number of nitro groups is 1. The highest BCUT2D eigenvalue weighted by atomic mass is 16.6. The van der Waals surface area contributed by atoms with Gasteiger partial charge >= 0.3 is 0 Å². The SMILES string of the molecule is O=[N+]([O-])c1ccc2c(c1)CC(NCc1ccccc1)CCC2. The molecule has 0 fully saturated rings. The summed E-state index contributed by atoms with van der Waals surface area (Å²) in [5, 5.41) is 14.6. The molecule has 4 heteroatoms. The third-order valence-electron chi connectivity index (χ3n) is 4.30. The largest absolute Gasteiger partial charge is 0.310 e. The molecule has 0 aromatic heterocycles. The van der Waals surface area contributed by atoms with Crippen LogP contribution in [-0.4, -0.2) is 11.0 Å². The lowest BCUT2D eigenvalue weighted by atomic mass is 10.0. The van der Waals surface area contributed by atoms with E-state index in [1.165, 1.54) is 11.1 Å². The fourth-order valence-corrected chi connectivity index (χ4v) is 3.10. The predicted octanol–water partition coefficient (Wildman–Crippen LogP) is 3.63. The second-order valence-corrected chi connectivity index (χ2v) is 5.87. The first-order valence-corrected chi connectivity index (χ1v) is 7.76. The highest BCUT2D eigenvalue weighted by Crippen LogP contribution is 2.25. The van der Waals surface area contributed by atoms with Crippen LogP contribution in [0.1, 0.15) is 29.5 Å². The minimum absolute atomic E-state index is 0.197. The maximum Gasteiger partial charge on any atom is 0.269 e. The van der Waals surface area contributed by atoms with Crippen molar-refractivity contribution in [2.75, 3.05) is 0 Å². The number of aryl methyl sites for hydroxylation is 1. The van der Waals surface area contributed by atoms with Crippen molar-refractivity contribution >= 4 is 5.69 Å². The van der Waals surface area contributed by atoms with Crippen LogP contribution in [0.25, 0.3) is 0 Å². The monoisotopic (exact) mass is 296 g/mol. The van der Waals surface area contributed by atoms with Crippen molar-refractivity contribution in [3.05, 3.63) is 75.3 Å². The van der Waals surface area contributed by atoms with Gasteiger partial charge in [-0.2, -0.15) is 0 Å². The number of hydrogen-bond donors (Lipinski definition) is 1. The fourth-order valence-electron chi connectivity index (χ4n) is 3.10. The van der Waals surface area contributed by atoms with Crippen molar-refractivity contribution in [1.82, 2.24) is 5.32 Å². The Kier molecular flexibility index (Phi) is 4.49. The summed E-state index contributed by atoms with van der Waals surface area (Å²) in [5.74, 6) is 0. The standard InChI is InChI=1S/C18H20N2O2/c21-20(22)18-10-9-15-7-4-8-17(11-16(15)12-18)19-13-14-5-2-1-3-6-14/h1-3,5-6,9-10,12,17,19H,4,7-8,11,13H2. The van der Waals surface area contributed by atoms with Gasteiger partial charge in [0.25, 0.3) is 5.69 Å². The van der Waals surface area contributed by atoms with E-state index in [0.717, 1.165) is 37.8 Å². The van der Waals surface area contributed by atoms with Crippen molar-refractivity contribution in [1.29, 1.82) is 0 Å². The smallest absolute Gasteiger partial charge is 0.269 e. The van der Waals surface area contributed by atoms with Gasteiger partial charge in [0.1, 0.15) is 0 Å². The van der Waals surface area contributed by atoms with Gasteiger partial charge in [-0.1, -0.05) is 36.4 Å². The zero-order chi connectivity index (χ0) is 15.4. The van der Waals surface area contributed by atoms with E-state index >= 15 is 0 Å². The van der Waals surface area contributed by atoms with Crippen LogP contribution in [-0.2, 0) is 19.4 Å². The third-order valence-corrected chi connectivity index (χ3v) is 4.30. The van der Waals surface area contributed by atoms with E-state index in [2.05, 4.69) is 17.4 Å². The molecule has 22 heavy (non-hydrogen) atoms. The molecule has 1 unspecified atom stereocenters. The molecule has 0 spiro atoms. The molecule has 4 nitrogen and oxygen atoms in total. The van der Waals surface area contributed by atoms with Gasteiger partial charge < -0.3 is 5.32 Å². The average Bonchev–Trinajstić information content (AvgIpc) is 2.75. The van der Waals surface area contributed by atoms with Crippen LogP contribution in [0, 0.1) is 10.1 Å². The van der Waals surface area contributed by atoms with Gasteiger partial charge in [0, 0.05) is 24.7 Å². The number of benzene rings is 2. The Labute approximate surface area is 130 Å². The Bertz CT molecular complexity index is 655. The second-order valence-electron chi connectivity index (χ2n) is 5.87. The number of nitrogens with one attached hydrogen (secondary N) is 1. The Hall–Kier alpha value is -2.20. The van der Waals surface area contributed by atoms with E-state index in [-0.39, 0.29) is 10.6 Å². The average molecular weight is 296 g/mol. The molecular formula is C18H20N2O2. The van der Waals surface area contributed by atoms with Gasteiger partial charge in [-0.15, -0.1) is 0 Å². The summed E-state index contributed by atoms with van der Waals surface area (Å²) >= 11 is 0. The molecule has 114 valence electrons. The molecule has 0 amide bonds. The molecule has 0 saturated carbocycles. The van der Waals surface area contributed by atoms with Crippen LogP contribution in [0.2, 0.25) is 0 Å². The minimum atomic E-state index is -0.308. The normalized spacial score (nSPS) is 17.5. The highest BCUT2D eigenvalue weighted by Gasteiger charge is 2.18. The minimum Gasteiger partial charge on any atom is -0.310 e. The summed E-state index contributed by atoms with van der Waals surface area (Å²) in [6, 6.07) is 16.0. The van der Waals surface area contributed by atoms with E-state index in [1.807, 2.05) is 24.3 Å². The van der Waals surface area contributed by atoms with Gasteiger partial charge in [-0.25, -0.2) is 0 Å². The zero-order valence-corrected chi connectivity index (χ0v) is 12.5. The van der Waals surface area contributed by atoms with Crippen LogP contribution < -0.4 is 5.32 Å². The van der Waals surface area contributed by atoms with E-state index in [4.69, 9.17) is 0 Å². The topological polar surface area (TPSA) is 55.2 Å². The third kappa shape index (κ3) is 3.52. The number of non-ortho nitro benzene ring substituents is 1. The first kappa shape index (κ1) is 14.7. The Morgan fingerprint density at radius 2 is 1.95 bits per heavy atom. The molecular weight excluding hydrogens is 276 g/mol. The van der Waals surface area contributed by atoms with E-state index in [9.17, 15) is 10.1 Å². The summed E-state index contributed by atoms with van der Waals surface area (Å²) in [7, 11) is 0. The molecule has 0 saturated heterocycles. The number of fused-ring (bicyclic) bond motifs is 1. The molecule has 1 aliphatic rings. The molecule has 3 rings (SSSR count). The highest BCUT2D eigenvalue weighted by molar-refractivity contribution is 5.41. The van der Waals surface area contributed by atoms with Crippen molar-refractivity contribution < 1.29 is 4.92 Å². The van der Waals surface area contributed by atoms with Crippen molar-refractivity contribution in [3.8, 4) is 0 Å². The number of nitro benzene ring substituents is 1. The van der Waals surface area contributed by atoms with Crippen molar-refractivity contribution in [2.24, 2.45) is 0 Å². The maximum atomic E-state index is 11.0. The molecule has 0 aliphatic heterocycles. The summed E-state index contributed by atoms with van der Waals surface area (Å²) in [5.41, 5.74) is 3.85. The fraction of sp³-hybridized carbons (Fsp3) is 0.333. The zero-order valence-electron chi connectivity index (χ0n) is 12.5. The summed E-state index contributed by atoms with van der Waals surface area (Å²) in [4.78, 5) is 10.6. The summed E-state index contributed by atoms with van der Waals surface area (Å²) in [6.45, 7) is 0.843. The first-order chi connectivity index (χ1) is 10.7. The molecule has 1 atom stereocenters. The summed E-state index contributed by atoms with van der Waals surface area (Å²) < 4.78 is 0. The lowest BCUT2D eigenvalue weighted by molar-refractivity contribution is -0.384. The number of rotatable bonds is 4. The maximum absolute atomic E-state index is 11.0. The number of nitrogens with zero attached hydrogens (tertiary/aromatic N) is 1. The van der Waals surface area contributed by atoms with Gasteiger partial charge in [0.05, 0.1) is 4.92 Å². The van der Waals surface area contributed by atoms with Crippen LogP contribution >= 0.6 is 0 Å². The molecule has 0 bridgehead atoms. The van der Waals surface area contributed by atoms with E-state index in [0.29, 0.717) is 6.04 Å². The van der Waals surface area contributed by atoms with Gasteiger partial charge in [0.2, 0.25) is 0 Å². The molecule has 0 heterocycles. The van der Waals surface area contributed by atoms with Crippen LogP contribution in [0.15, 0.2) is 48.5 Å². The Balaban J connectivity index is 1.70. The van der Waals surface area contributed by atoms with Gasteiger partial charge in [-0.05, 0) is 42.4 Å². The van der Waals surface area contributed by atoms with E-state index < -0.39 is 0 Å². The quantitative estimate of drug-likeness (QED) is 0.532. The molecule has 2 aromatic carbocycles. The van der Waals surface area contributed by atoms with Crippen molar-refractivity contribution in [3.63, 3.8) is 0 Å². The lowest BCUT2D eigenvalue weighted by Gasteiger charge is -2.17. The van der Waals surface area contributed by atoms with Crippen molar-refractivity contribution in [2.45, 2.75) is 38.3 Å². The van der Waals surface area contributed by atoms with E-state index in [1.54, 1.807) is 12.1 Å². The van der Waals surface area contributed by atoms with Crippen LogP contribution in [0.5, 0.6) is 0 Å². The lowest BCUT2D eigenvalue weighted by Crippen LogP contribution is -2.30. The predicted molar refractivity (Wildman–Crippen MR) is 86.8 cm³/mol. The molecule has 1 N–H and O–H groups in total.